The maximum Gasteiger partial charge on any atom is 0.338 e. The smallest absolute Gasteiger partial charge is 0.338 e. The van der Waals surface area contributed by atoms with E-state index in [4.69, 9.17) is 4.74 Å². The second-order valence-electron chi connectivity index (χ2n) is 7.62. The zero-order chi connectivity index (χ0) is 19.4. The molecular formula is C21H28N2O4. The number of carbonyl (C=O) groups excluding carboxylic acids is 3. The highest BCUT2D eigenvalue weighted by molar-refractivity contribution is 5.96. The minimum Gasteiger partial charge on any atom is -0.449 e. The fraction of sp³-hybridized carbons (Fsp3) is 0.571. The van der Waals surface area contributed by atoms with Gasteiger partial charge < -0.3 is 15.0 Å². The molecule has 1 aromatic carbocycles. The molecule has 1 aromatic rings. The van der Waals surface area contributed by atoms with Crippen LogP contribution in [-0.4, -0.2) is 36.5 Å². The largest absolute Gasteiger partial charge is 0.449 e. The molecule has 2 aliphatic rings. The molecule has 1 saturated heterocycles. The number of ether oxygens (including phenoxy) is 1. The summed E-state index contributed by atoms with van der Waals surface area (Å²) in [5.74, 6) is -0.228. The Morgan fingerprint density at radius 3 is 2.48 bits per heavy atom. The van der Waals surface area contributed by atoms with Crippen molar-refractivity contribution in [1.82, 2.24) is 5.32 Å². The molecule has 1 aliphatic heterocycles. The average molecular weight is 372 g/mol. The van der Waals surface area contributed by atoms with Crippen LogP contribution in [0.25, 0.3) is 0 Å². The molecule has 1 heterocycles. The van der Waals surface area contributed by atoms with Crippen molar-refractivity contribution in [2.24, 2.45) is 5.92 Å². The van der Waals surface area contributed by atoms with Gasteiger partial charge in [0.1, 0.15) is 0 Å². The molecule has 0 spiro atoms. The first-order valence-electron chi connectivity index (χ1n) is 9.87. The minimum absolute atomic E-state index is 0.104. The molecule has 1 aliphatic carbocycles. The lowest BCUT2D eigenvalue weighted by Gasteiger charge is -2.30. The zero-order valence-corrected chi connectivity index (χ0v) is 16.1. The van der Waals surface area contributed by atoms with Gasteiger partial charge in [-0.15, -0.1) is 0 Å². The molecule has 6 nitrogen and oxygen atoms in total. The number of esters is 1. The first kappa shape index (κ1) is 19.4. The van der Waals surface area contributed by atoms with Crippen LogP contribution in [0.1, 0.15) is 62.7 Å². The number of rotatable bonds is 5. The van der Waals surface area contributed by atoms with Crippen molar-refractivity contribution in [3.8, 4) is 0 Å². The van der Waals surface area contributed by atoms with Gasteiger partial charge in [-0.1, -0.05) is 19.8 Å². The van der Waals surface area contributed by atoms with E-state index < -0.39 is 12.1 Å². The number of carbonyl (C=O) groups is 3. The van der Waals surface area contributed by atoms with Crippen LogP contribution in [0.5, 0.6) is 0 Å². The molecule has 0 bridgehead atoms. The third-order valence-corrected chi connectivity index (χ3v) is 5.58. The average Bonchev–Trinajstić information content (AvgIpc) is 3.09. The minimum atomic E-state index is -0.841. The number of amides is 2. The van der Waals surface area contributed by atoms with E-state index in [1.54, 1.807) is 36.1 Å². The summed E-state index contributed by atoms with van der Waals surface area (Å²) in [6, 6.07) is 6.92. The Morgan fingerprint density at radius 1 is 1.15 bits per heavy atom. The first-order valence-corrected chi connectivity index (χ1v) is 9.87. The normalized spacial score (nSPS) is 23.8. The van der Waals surface area contributed by atoms with Crippen molar-refractivity contribution >= 4 is 23.5 Å². The predicted molar refractivity (Wildman–Crippen MR) is 102 cm³/mol. The lowest BCUT2D eigenvalue weighted by Crippen LogP contribution is -2.45. The second-order valence-corrected chi connectivity index (χ2v) is 7.62. The molecule has 27 heavy (non-hydrogen) atoms. The van der Waals surface area contributed by atoms with Gasteiger partial charge >= 0.3 is 5.97 Å². The van der Waals surface area contributed by atoms with E-state index in [9.17, 15) is 14.4 Å². The van der Waals surface area contributed by atoms with E-state index in [2.05, 4.69) is 12.2 Å². The van der Waals surface area contributed by atoms with Gasteiger partial charge in [0.15, 0.2) is 6.10 Å². The molecule has 3 rings (SSSR count). The first-order chi connectivity index (χ1) is 13.0. The number of benzene rings is 1. The number of hydrogen-bond donors (Lipinski definition) is 1. The Labute approximate surface area is 160 Å². The van der Waals surface area contributed by atoms with Gasteiger partial charge in [0.2, 0.25) is 5.91 Å². The van der Waals surface area contributed by atoms with E-state index in [1.165, 1.54) is 6.42 Å². The summed E-state index contributed by atoms with van der Waals surface area (Å²) >= 11 is 0. The van der Waals surface area contributed by atoms with E-state index in [-0.39, 0.29) is 17.9 Å². The Balaban J connectivity index is 1.54. The highest BCUT2D eigenvalue weighted by Gasteiger charge is 2.27. The SMILES string of the molecule is C[C@@H](OC(=O)c1ccc(N2CCCC2=O)cc1)C(=O)N[C@H]1CCCC[C@@H]1C. The highest BCUT2D eigenvalue weighted by Crippen LogP contribution is 2.24. The molecule has 0 aromatic heterocycles. The molecular weight excluding hydrogens is 344 g/mol. The number of hydrogen-bond acceptors (Lipinski definition) is 4. The molecule has 2 fully saturated rings. The molecule has 0 unspecified atom stereocenters. The zero-order valence-electron chi connectivity index (χ0n) is 16.1. The number of nitrogens with one attached hydrogen (secondary N) is 1. The van der Waals surface area contributed by atoms with Crippen LogP contribution in [0.15, 0.2) is 24.3 Å². The van der Waals surface area contributed by atoms with E-state index in [1.807, 2.05) is 0 Å². The molecule has 6 heteroatoms. The van der Waals surface area contributed by atoms with Crippen molar-refractivity contribution in [2.45, 2.75) is 64.5 Å². The summed E-state index contributed by atoms with van der Waals surface area (Å²) in [7, 11) is 0. The summed E-state index contributed by atoms with van der Waals surface area (Å²) in [4.78, 5) is 38.2. The number of nitrogens with zero attached hydrogens (tertiary/aromatic N) is 1. The van der Waals surface area contributed by atoms with Crippen molar-refractivity contribution in [2.75, 3.05) is 11.4 Å². The van der Waals surface area contributed by atoms with Crippen molar-refractivity contribution in [3.05, 3.63) is 29.8 Å². The third-order valence-electron chi connectivity index (χ3n) is 5.58. The van der Waals surface area contributed by atoms with Crippen molar-refractivity contribution < 1.29 is 19.1 Å². The maximum atomic E-state index is 12.4. The molecule has 1 N–H and O–H groups in total. The van der Waals surface area contributed by atoms with Gasteiger partial charge in [-0.2, -0.15) is 0 Å². The van der Waals surface area contributed by atoms with Crippen LogP contribution >= 0.6 is 0 Å². The Bertz CT molecular complexity index is 701. The maximum absolute atomic E-state index is 12.4. The van der Waals surface area contributed by atoms with Gasteiger partial charge in [0.25, 0.3) is 5.91 Å². The lowest BCUT2D eigenvalue weighted by atomic mass is 9.86. The summed E-state index contributed by atoms with van der Waals surface area (Å²) in [6.45, 7) is 4.45. The van der Waals surface area contributed by atoms with Crippen LogP contribution in [0.4, 0.5) is 5.69 Å². The fourth-order valence-electron chi connectivity index (χ4n) is 3.81. The van der Waals surface area contributed by atoms with Crippen LogP contribution in [0, 0.1) is 5.92 Å². The van der Waals surface area contributed by atoms with Gasteiger partial charge in [-0.3, -0.25) is 9.59 Å². The monoisotopic (exact) mass is 372 g/mol. The molecule has 0 radical (unpaired) electrons. The van der Waals surface area contributed by atoms with Gasteiger partial charge in [-0.05, 0) is 56.4 Å². The van der Waals surface area contributed by atoms with E-state index >= 15 is 0 Å². The lowest BCUT2D eigenvalue weighted by molar-refractivity contribution is -0.130. The van der Waals surface area contributed by atoms with Crippen molar-refractivity contribution in [1.29, 1.82) is 0 Å². The van der Waals surface area contributed by atoms with Gasteiger partial charge in [0.05, 0.1) is 5.56 Å². The predicted octanol–water partition coefficient (Wildman–Crippen LogP) is 3.05. The summed E-state index contributed by atoms with van der Waals surface area (Å²) in [5, 5.41) is 3.02. The molecule has 1 saturated carbocycles. The van der Waals surface area contributed by atoms with Crippen LogP contribution < -0.4 is 10.2 Å². The highest BCUT2D eigenvalue weighted by atomic mass is 16.5. The standard InChI is InChI=1S/C21H28N2O4/c1-14-6-3-4-7-18(14)22-20(25)15(2)27-21(26)16-9-11-17(12-10-16)23-13-5-8-19(23)24/h9-12,14-15,18H,3-8,13H2,1-2H3,(H,22,25)/t14-,15+,18-/m0/s1. The Morgan fingerprint density at radius 2 is 1.85 bits per heavy atom. The topological polar surface area (TPSA) is 75.7 Å². The van der Waals surface area contributed by atoms with E-state index in [0.717, 1.165) is 31.4 Å². The summed E-state index contributed by atoms with van der Waals surface area (Å²) in [5.41, 5.74) is 1.15. The molecule has 2 amide bonds. The quantitative estimate of drug-likeness (QED) is 0.806. The molecule has 3 atom stereocenters. The third kappa shape index (κ3) is 4.67. The van der Waals surface area contributed by atoms with Gasteiger partial charge in [-0.25, -0.2) is 4.79 Å². The van der Waals surface area contributed by atoms with Crippen molar-refractivity contribution in [3.63, 3.8) is 0 Å². The van der Waals surface area contributed by atoms with Crippen LogP contribution in [0.2, 0.25) is 0 Å². The Hall–Kier alpha value is -2.37. The summed E-state index contributed by atoms with van der Waals surface area (Å²) < 4.78 is 5.33. The fourth-order valence-corrected chi connectivity index (χ4v) is 3.81. The molecule has 146 valence electrons. The van der Waals surface area contributed by atoms with Gasteiger partial charge in [0, 0.05) is 24.7 Å². The number of anilines is 1. The summed E-state index contributed by atoms with van der Waals surface area (Å²) in [6.07, 6.45) is 5.00. The van der Waals surface area contributed by atoms with Crippen LogP contribution in [0.3, 0.4) is 0 Å². The Kier molecular flexibility index (Phi) is 6.14. The second kappa shape index (κ2) is 8.55. The van der Waals surface area contributed by atoms with E-state index in [0.29, 0.717) is 24.4 Å². The van der Waals surface area contributed by atoms with Crippen LogP contribution in [-0.2, 0) is 14.3 Å².